The van der Waals surface area contributed by atoms with Gasteiger partial charge in [-0.25, -0.2) is 8.42 Å². The number of nitro benzene ring substituents is 1. The zero-order valence-corrected chi connectivity index (χ0v) is 12.4. The standard InChI is InChI=1S/C11H9BrN2O5S/c12-8-5-6-13(7-10(8)15)20(18,19)11-4-2-1-3-9(11)14(16)17/h1-5H,6-7H2. The second kappa shape index (κ2) is 5.43. The summed E-state index contributed by atoms with van der Waals surface area (Å²) in [6.07, 6.45) is 1.41. The average molecular weight is 361 g/mol. The number of Topliss-reactive ketones (excluding diaryl/α,β-unsaturated/α-hetero) is 1. The first-order chi connectivity index (χ1) is 9.34. The molecule has 106 valence electrons. The highest BCUT2D eigenvalue weighted by Crippen LogP contribution is 2.27. The lowest BCUT2D eigenvalue weighted by Crippen LogP contribution is -2.39. The van der Waals surface area contributed by atoms with E-state index in [4.69, 9.17) is 0 Å². The third-order valence-corrected chi connectivity index (χ3v) is 5.37. The van der Waals surface area contributed by atoms with Gasteiger partial charge < -0.3 is 0 Å². The highest BCUT2D eigenvalue weighted by atomic mass is 79.9. The van der Waals surface area contributed by atoms with E-state index in [2.05, 4.69) is 15.9 Å². The maximum absolute atomic E-state index is 12.4. The molecule has 0 spiro atoms. The first-order valence-electron chi connectivity index (χ1n) is 5.46. The molecule has 7 nitrogen and oxygen atoms in total. The Morgan fingerprint density at radius 1 is 1.30 bits per heavy atom. The Balaban J connectivity index is 2.47. The molecule has 20 heavy (non-hydrogen) atoms. The SMILES string of the molecule is O=C1CN(S(=O)(=O)c2ccccc2[N+](=O)[O-])CC=C1Br. The minimum absolute atomic E-state index is 0.0132. The van der Waals surface area contributed by atoms with Gasteiger partial charge in [0.15, 0.2) is 10.7 Å². The van der Waals surface area contributed by atoms with Crippen molar-refractivity contribution in [1.29, 1.82) is 0 Å². The minimum Gasteiger partial charge on any atom is -0.292 e. The van der Waals surface area contributed by atoms with Crippen LogP contribution in [0.5, 0.6) is 0 Å². The van der Waals surface area contributed by atoms with Crippen LogP contribution in [0.3, 0.4) is 0 Å². The normalized spacial score (nSPS) is 16.9. The van der Waals surface area contributed by atoms with E-state index in [1.54, 1.807) is 0 Å². The first-order valence-corrected chi connectivity index (χ1v) is 7.70. The molecule has 2 rings (SSSR count). The number of ketones is 1. The fourth-order valence-corrected chi connectivity index (χ4v) is 3.51. The van der Waals surface area contributed by atoms with Crippen LogP contribution in [0.4, 0.5) is 5.69 Å². The Bertz CT molecular complexity index is 713. The molecule has 0 aliphatic carbocycles. The van der Waals surface area contributed by atoms with Crippen LogP contribution < -0.4 is 0 Å². The van der Waals surface area contributed by atoms with Crippen LogP contribution in [0.2, 0.25) is 0 Å². The fraction of sp³-hybridized carbons (Fsp3) is 0.182. The van der Waals surface area contributed by atoms with Gasteiger partial charge in [-0.05, 0) is 22.0 Å². The molecule has 0 amide bonds. The molecule has 0 unspecified atom stereocenters. The molecule has 9 heteroatoms. The summed E-state index contributed by atoms with van der Waals surface area (Å²) in [5.41, 5.74) is -0.506. The second-order valence-electron chi connectivity index (χ2n) is 4.00. The largest absolute Gasteiger partial charge is 0.292 e. The van der Waals surface area contributed by atoms with Crippen LogP contribution in [-0.4, -0.2) is 36.5 Å². The maximum Gasteiger partial charge on any atom is 0.289 e. The minimum atomic E-state index is -4.09. The number of hydrogen-bond donors (Lipinski definition) is 0. The fourth-order valence-electron chi connectivity index (χ4n) is 1.74. The molecule has 0 atom stereocenters. The summed E-state index contributed by atoms with van der Waals surface area (Å²) in [5.74, 6) is -0.390. The number of rotatable bonds is 3. The number of halogens is 1. The Labute approximate surface area is 123 Å². The van der Waals surface area contributed by atoms with E-state index in [-0.39, 0.29) is 13.1 Å². The van der Waals surface area contributed by atoms with E-state index < -0.39 is 31.3 Å². The number of benzene rings is 1. The summed E-state index contributed by atoms with van der Waals surface area (Å²) in [7, 11) is -4.09. The van der Waals surface area contributed by atoms with Crippen LogP contribution >= 0.6 is 15.9 Å². The zero-order chi connectivity index (χ0) is 14.9. The molecular formula is C11H9BrN2O5S. The van der Waals surface area contributed by atoms with Crippen LogP contribution in [0.25, 0.3) is 0 Å². The number of hydrogen-bond acceptors (Lipinski definition) is 5. The van der Waals surface area contributed by atoms with Gasteiger partial charge in [-0.2, -0.15) is 4.31 Å². The van der Waals surface area contributed by atoms with Crippen molar-refractivity contribution < 1.29 is 18.1 Å². The van der Waals surface area contributed by atoms with Gasteiger partial charge in [0.2, 0.25) is 0 Å². The summed E-state index contributed by atoms with van der Waals surface area (Å²) in [6, 6.07) is 5.06. The zero-order valence-electron chi connectivity index (χ0n) is 10.0. The van der Waals surface area contributed by atoms with Gasteiger partial charge in [-0.1, -0.05) is 18.2 Å². The van der Waals surface area contributed by atoms with E-state index in [1.807, 2.05) is 0 Å². The number of carbonyl (C=O) groups excluding carboxylic acids is 1. The summed E-state index contributed by atoms with van der Waals surface area (Å²) in [5, 5.41) is 10.9. The van der Waals surface area contributed by atoms with Crippen molar-refractivity contribution in [2.45, 2.75) is 4.90 Å². The van der Waals surface area contributed by atoms with Gasteiger partial charge in [0.1, 0.15) is 0 Å². The van der Waals surface area contributed by atoms with Gasteiger partial charge in [0.25, 0.3) is 15.7 Å². The maximum atomic E-state index is 12.4. The molecule has 0 aromatic heterocycles. The molecular weight excluding hydrogens is 352 g/mol. The Morgan fingerprint density at radius 3 is 2.55 bits per heavy atom. The van der Waals surface area contributed by atoms with Crippen molar-refractivity contribution in [2.75, 3.05) is 13.1 Å². The van der Waals surface area contributed by atoms with Crippen molar-refractivity contribution in [3.05, 3.63) is 44.9 Å². The average Bonchev–Trinajstić information content (AvgIpc) is 2.41. The van der Waals surface area contributed by atoms with Crippen molar-refractivity contribution >= 4 is 37.4 Å². The van der Waals surface area contributed by atoms with Crippen molar-refractivity contribution in [3.63, 3.8) is 0 Å². The predicted molar refractivity (Wildman–Crippen MR) is 73.9 cm³/mol. The lowest BCUT2D eigenvalue weighted by atomic mass is 10.3. The van der Waals surface area contributed by atoms with E-state index in [9.17, 15) is 23.3 Å². The number of carbonyl (C=O) groups is 1. The summed E-state index contributed by atoms with van der Waals surface area (Å²) in [6.45, 7) is -0.355. The molecule has 0 saturated carbocycles. The quantitative estimate of drug-likeness (QED) is 0.600. The van der Waals surface area contributed by atoms with Gasteiger partial charge in [-0.15, -0.1) is 0 Å². The van der Waals surface area contributed by atoms with Gasteiger partial charge in [0.05, 0.1) is 16.0 Å². The molecule has 1 aliphatic rings. The van der Waals surface area contributed by atoms with E-state index in [1.165, 1.54) is 18.2 Å². The highest BCUT2D eigenvalue weighted by molar-refractivity contribution is 9.12. The second-order valence-corrected chi connectivity index (χ2v) is 6.76. The van der Waals surface area contributed by atoms with Gasteiger partial charge in [-0.3, -0.25) is 14.9 Å². The lowest BCUT2D eigenvalue weighted by Gasteiger charge is -2.23. The molecule has 0 N–H and O–H groups in total. The van der Waals surface area contributed by atoms with Gasteiger partial charge in [0, 0.05) is 12.6 Å². The van der Waals surface area contributed by atoms with E-state index >= 15 is 0 Å². The highest BCUT2D eigenvalue weighted by Gasteiger charge is 2.34. The molecule has 0 bridgehead atoms. The molecule has 1 aromatic carbocycles. The Morgan fingerprint density at radius 2 is 1.95 bits per heavy atom. The number of nitro groups is 1. The number of sulfonamides is 1. The molecule has 0 fully saturated rings. The van der Waals surface area contributed by atoms with Crippen molar-refractivity contribution in [1.82, 2.24) is 4.31 Å². The smallest absolute Gasteiger partial charge is 0.289 e. The first kappa shape index (κ1) is 14.8. The number of para-hydroxylation sites is 1. The third kappa shape index (κ3) is 2.65. The van der Waals surface area contributed by atoms with Crippen LogP contribution in [-0.2, 0) is 14.8 Å². The number of nitrogens with zero attached hydrogens (tertiary/aromatic N) is 2. The molecule has 1 aromatic rings. The van der Waals surface area contributed by atoms with E-state index in [0.29, 0.717) is 4.48 Å². The Hall–Kier alpha value is -1.58. The Kier molecular flexibility index (Phi) is 4.02. The van der Waals surface area contributed by atoms with Crippen LogP contribution in [0, 0.1) is 10.1 Å². The predicted octanol–water partition coefficient (Wildman–Crippen LogP) is 1.45. The summed E-state index contributed by atoms with van der Waals surface area (Å²) < 4.78 is 26.0. The summed E-state index contributed by atoms with van der Waals surface area (Å²) in [4.78, 5) is 21.3. The topological polar surface area (TPSA) is 97.6 Å². The lowest BCUT2D eigenvalue weighted by molar-refractivity contribution is -0.387. The molecule has 1 aliphatic heterocycles. The molecule has 0 saturated heterocycles. The van der Waals surface area contributed by atoms with Gasteiger partial charge >= 0.3 is 0 Å². The molecule has 1 heterocycles. The summed E-state index contributed by atoms with van der Waals surface area (Å²) >= 11 is 3.02. The van der Waals surface area contributed by atoms with E-state index in [0.717, 1.165) is 16.4 Å². The van der Waals surface area contributed by atoms with Crippen LogP contribution in [0.15, 0.2) is 39.7 Å². The van der Waals surface area contributed by atoms with Crippen LogP contribution in [0.1, 0.15) is 0 Å². The molecule has 0 radical (unpaired) electrons. The monoisotopic (exact) mass is 360 g/mol. The van der Waals surface area contributed by atoms with Crippen molar-refractivity contribution in [2.24, 2.45) is 0 Å². The third-order valence-electron chi connectivity index (χ3n) is 2.74. The van der Waals surface area contributed by atoms with Crippen molar-refractivity contribution in [3.8, 4) is 0 Å².